The highest BCUT2D eigenvalue weighted by Gasteiger charge is 2.23. The number of alkyl halides is 2. The van der Waals surface area contributed by atoms with Crippen molar-refractivity contribution in [1.82, 2.24) is 0 Å². The zero-order chi connectivity index (χ0) is 18.5. The smallest absolute Gasteiger partial charge is 0.414 e. The molecule has 3 rings (SSSR count). The van der Waals surface area contributed by atoms with Crippen molar-refractivity contribution in [3.63, 3.8) is 0 Å². The fourth-order valence-corrected chi connectivity index (χ4v) is 2.48. The second-order valence-corrected chi connectivity index (χ2v) is 5.46. The van der Waals surface area contributed by atoms with E-state index in [9.17, 15) is 18.4 Å². The van der Waals surface area contributed by atoms with E-state index in [0.717, 1.165) is 0 Å². The monoisotopic (exact) mass is 359 g/mol. The maximum absolute atomic E-state index is 12.3. The van der Waals surface area contributed by atoms with Gasteiger partial charge in [0.1, 0.15) is 12.4 Å². The van der Waals surface area contributed by atoms with E-state index in [2.05, 4.69) is 4.74 Å². The fourth-order valence-electron chi connectivity index (χ4n) is 2.48. The molecule has 1 aliphatic rings. The quantitative estimate of drug-likeness (QED) is 0.575. The van der Waals surface area contributed by atoms with E-state index in [-0.39, 0.29) is 11.5 Å². The van der Waals surface area contributed by atoms with Gasteiger partial charge in [-0.2, -0.15) is 8.78 Å². The highest BCUT2D eigenvalue weighted by atomic mass is 19.3. The number of nitrogens with zero attached hydrogens (tertiary/aromatic N) is 1. The molecule has 2 aromatic rings. The first-order valence-corrected chi connectivity index (χ1v) is 7.84. The summed E-state index contributed by atoms with van der Waals surface area (Å²) in [7, 11) is 0. The maximum atomic E-state index is 12.3. The molecule has 1 saturated heterocycles. The lowest BCUT2D eigenvalue weighted by molar-refractivity contribution is -0.0498. The standard InChI is InChI=1S/C19H15F2NO4/c20-18(21)26-16-7-4-13(5-8-16)6-9-17(23)14-2-1-3-15(12-14)22-10-11-25-19(22)24/h1-9,12,18H,10-11H2. The van der Waals surface area contributed by atoms with Crippen LogP contribution in [0.5, 0.6) is 5.75 Å². The molecular formula is C19H15F2NO4. The highest BCUT2D eigenvalue weighted by molar-refractivity contribution is 6.07. The van der Waals surface area contributed by atoms with E-state index in [0.29, 0.717) is 30.0 Å². The largest absolute Gasteiger partial charge is 0.447 e. The number of hydrogen-bond acceptors (Lipinski definition) is 4. The van der Waals surface area contributed by atoms with Gasteiger partial charge < -0.3 is 9.47 Å². The molecule has 0 aliphatic carbocycles. The fraction of sp³-hybridized carbons (Fsp3) is 0.158. The minimum absolute atomic E-state index is 0.0497. The first-order chi connectivity index (χ1) is 12.5. The summed E-state index contributed by atoms with van der Waals surface area (Å²) in [4.78, 5) is 25.4. The summed E-state index contributed by atoms with van der Waals surface area (Å²) in [6.45, 7) is -2.11. The van der Waals surface area contributed by atoms with Crippen LogP contribution in [0.2, 0.25) is 0 Å². The predicted octanol–water partition coefficient (Wildman–Crippen LogP) is 4.14. The van der Waals surface area contributed by atoms with Crippen LogP contribution in [0.15, 0.2) is 54.6 Å². The van der Waals surface area contributed by atoms with E-state index in [1.807, 2.05) is 0 Å². The molecule has 5 nitrogen and oxygen atoms in total. The zero-order valence-electron chi connectivity index (χ0n) is 13.6. The van der Waals surface area contributed by atoms with Crippen molar-refractivity contribution in [2.75, 3.05) is 18.1 Å². The number of amides is 1. The molecule has 0 spiro atoms. The van der Waals surface area contributed by atoms with E-state index in [4.69, 9.17) is 4.74 Å². The molecule has 0 aromatic heterocycles. The van der Waals surface area contributed by atoms with Crippen LogP contribution in [-0.4, -0.2) is 31.6 Å². The van der Waals surface area contributed by atoms with Crippen molar-refractivity contribution >= 4 is 23.6 Å². The minimum Gasteiger partial charge on any atom is -0.447 e. The number of ether oxygens (including phenoxy) is 2. The molecule has 7 heteroatoms. The first-order valence-electron chi connectivity index (χ1n) is 7.84. The van der Waals surface area contributed by atoms with E-state index in [1.165, 1.54) is 23.1 Å². The van der Waals surface area contributed by atoms with Crippen LogP contribution in [-0.2, 0) is 4.74 Å². The highest BCUT2D eigenvalue weighted by Crippen LogP contribution is 2.21. The van der Waals surface area contributed by atoms with Crippen molar-refractivity contribution in [3.8, 4) is 5.75 Å². The molecule has 0 saturated carbocycles. The van der Waals surface area contributed by atoms with Gasteiger partial charge in [0.05, 0.1) is 6.54 Å². The Kier molecular flexibility index (Phi) is 5.26. The second kappa shape index (κ2) is 7.77. The lowest BCUT2D eigenvalue weighted by Gasteiger charge is -2.13. The third-order valence-electron chi connectivity index (χ3n) is 3.74. The van der Waals surface area contributed by atoms with Crippen LogP contribution in [0.1, 0.15) is 15.9 Å². The third-order valence-corrected chi connectivity index (χ3v) is 3.74. The normalized spacial score (nSPS) is 14.1. The lowest BCUT2D eigenvalue weighted by Crippen LogP contribution is -2.23. The summed E-state index contributed by atoms with van der Waals surface area (Å²) in [5.74, 6) is -0.194. The summed E-state index contributed by atoms with van der Waals surface area (Å²) in [5.41, 5.74) is 1.69. The number of carbonyl (C=O) groups is 2. The minimum atomic E-state index is -2.88. The molecule has 0 N–H and O–H groups in total. The Hall–Kier alpha value is -3.22. The third kappa shape index (κ3) is 4.24. The van der Waals surface area contributed by atoms with Crippen molar-refractivity contribution in [3.05, 3.63) is 65.7 Å². The Morgan fingerprint density at radius 2 is 1.96 bits per heavy atom. The van der Waals surface area contributed by atoms with E-state index in [1.54, 1.807) is 42.5 Å². The number of rotatable bonds is 6. The van der Waals surface area contributed by atoms with Crippen LogP contribution in [0.3, 0.4) is 0 Å². The van der Waals surface area contributed by atoms with Gasteiger partial charge in [0.15, 0.2) is 5.78 Å². The topological polar surface area (TPSA) is 55.8 Å². The lowest BCUT2D eigenvalue weighted by atomic mass is 10.1. The van der Waals surface area contributed by atoms with Gasteiger partial charge in [-0.1, -0.05) is 30.3 Å². The van der Waals surface area contributed by atoms with Crippen molar-refractivity contribution in [2.45, 2.75) is 6.61 Å². The summed E-state index contributed by atoms with van der Waals surface area (Å²) in [5, 5.41) is 0. The SMILES string of the molecule is O=C(C=Cc1ccc(OC(F)F)cc1)c1cccc(N2CCOC2=O)c1. The number of allylic oxidation sites excluding steroid dienone is 1. The molecule has 26 heavy (non-hydrogen) atoms. The van der Waals surface area contributed by atoms with Crippen molar-refractivity contribution in [2.24, 2.45) is 0 Å². The average molecular weight is 359 g/mol. The van der Waals surface area contributed by atoms with Crippen LogP contribution in [0.25, 0.3) is 6.08 Å². The Bertz CT molecular complexity index is 834. The van der Waals surface area contributed by atoms with Gasteiger partial charge in [-0.15, -0.1) is 0 Å². The molecule has 0 bridgehead atoms. The average Bonchev–Trinajstić information content (AvgIpc) is 3.06. The molecule has 1 fully saturated rings. The molecule has 134 valence electrons. The van der Waals surface area contributed by atoms with Crippen LogP contribution >= 0.6 is 0 Å². The number of ketones is 1. The number of benzene rings is 2. The Morgan fingerprint density at radius 3 is 2.62 bits per heavy atom. The number of anilines is 1. The Morgan fingerprint density at radius 1 is 1.19 bits per heavy atom. The van der Waals surface area contributed by atoms with Gasteiger partial charge in [0.25, 0.3) is 0 Å². The first kappa shape index (κ1) is 17.6. The van der Waals surface area contributed by atoms with Gasteiger partial charge in [-0.05, 0) is 35.9 Å². The molecular weight excluding hydrogens is 344 g/mol. The van der Waals surface area contributed by atoms with Gasteiger partial charge in [-0.3, -0.25) is 9.69 Å². The Balaban J connectivity index is 1.69. The molecule has 1 amide bonds. The summed E-state index contributed by atoms with van der Waals surface area (Å²) in [6.07, 6.45) is 2.52. The zero-order valence-corrected chi connectivity index (χ0v) is 13.6. The van der Waals surface area contributed by atoms with E-state index < -0.39 is 12.7 Å². The van der Waals surface area contributed by atoms with Crippen LogP contribution in [0.4, 0.5) is 19.3 Å². The predicted molar refractivity (Wildman–Crippen MR) is 91.6 cm³/mol. The van der Waals surface area contributed by atoms with Crippen molar-refractivity contribution < 1.29 is 27.8 Å². The van der Waals surface area contributed by atoms with Gasteiger partial charge in [0.2, 0.25) is 0 Å². The van der Waals surface area contributed by atoms with Crippen molar-refractivity contribution in [1.29, 1.82) is 0 Å². The number of carbonyl (C=O) groups excluding carboxylic acids is 2. The van der Waals surface area contributed by atoms with Gasteiger partial charge in [-0.25, -0.2) is 4.79 Å². The number of cyclic esters (lactones) is 1. The number of halogens is 2. The summed E-state index contributed by atoms with van der Waals surface area (Å²) < 4.78 is 33.4. The molecule has 2 aromatic carbocycles. The molecule has 1 heterocycles. The van der Waals surface area contributed by atoms with Gasteiger partial charge >= 0.3 is 12.7 Å². The van der Waals surface area contributed by atoms with Gasteiger partial charge in [0, 0.05) is 11.3 Å². The number of hydrogen-bond donors (Lipinski definition) is 0. The van der Waals surface area contributed by atoms with Crippen LogP contribution in [0, 0.1) is 0 Å². The second-order valence-electron chi connectivity index (χ2n) is 5.46. The molecule has 0 unspecified atom stereocenters. The summed E-state index contributed by atoms with van der Waals surface area (Å²) >= 11 is 0. The van der Waals surface area contributed by atoms with Crippen LogP contribution < -0.4 is 9.64 Å². The summed E-state index contributed by atoms with van der Waals surface area (Å²) in [6, 6.07) is 12.6. The maximum Gasteiger partial charge on any atom is 0.414 e. The van der Waals surface area contributed by atoms with E-state index >= 15 is 0 Å². The molecule has 0 atom stereocenters. The molecule has 0 radical (unpaired) electrons. The molecule has 1 aliphatic heterocycles. The Labute approximate surface area is 148 Å².